The quantitative estimate of drug-likeness (QED) is 0.424. The van der Waals surface area contributed by atoms with Crippen molar-refractivity contribution in [3.63, 3.8) is 0 Å². The molecule has 0 spiro atoms. The second kappa shape index (κ2) is 9.28. The number of rotatable bonds is 7. The van der Waals surface area contributed by atoms with Crippen molar-refractivity contribution in [1.82, 2.24) is 14.9 Å². The standard InChI is InChI=1S/C22H17ClFN3O3S/c23-15-3-7-17(8-4-15)30-10-9-25-19(28)11-27-13-26-21-20(22(27)29)18(12-31-21)14-1-5-16(24)6-2-14/h1-8,12-13H,9-11H2,(H,25,28). The topological polar surface area (TPSA) is 73.2 Å². The summed E-state index contributed by atoms with van der Waals surface area (Å²) in [7, 11) is 0. The van der Waals surface area contributed by atoms with E-state index in [1.165, 1.54) is 34.4 Å². The summed E-state index contributed by atoms with van der Waals surface area (Å²) in [5, 5.41) is 5.56. The molecular weight excluding hydrogens is 441 g/mol. The highest BCUT2D eigenvalue weighted by Crippen LogP contribution is 2.30. The number of ether oxygens (including phenoxy) is 1. The molecule has 158 valence electrons. The van der Waals surface area contributed by atoms with Crippen LogP contribution in [0.3, 0.4) is 0 Å². The van der Waals surface area contributed by atoms with E-state index in [1.807, 2.05) is 5.38 Å². The molecule has 9 heteroatoms. The van der Waals surface area contributed by atoms with E-state index in [9.17, 15) is 14.0 Å². The van der Waals surface area contributed by atoms with E-state index in [2.05, 4.69) is 10.3 Å². The smallest absolute Gasteiger partial charge is 0.263 e. The van der Waals surface area contributed by atoms with Gasteiger partial charge in [-0.2, -0.15) is 0 Å². The van der Waals surface area contributed by atoms with Gasteiger partial charge in [0.15, 0.2) is 0 Å². The number of nitrogens with zero attached hydrogens (tertiary/aromatic N) is 2. The summed E-state index contributed by atoms with van der Waals surface area (Å²) in [5.74, 6) is -0.0349. The maximum atomic E-state index is 13.2. The second-order valence-electron chi connectivity index (χ2n) is 6.67. The number of nitrogens with one attached hydrogen (secondary N) is 1. The molecule has 0 bridgehead atoms. The van der Waals surface area contributed by atoms with Gasteiger partial charge in [-0.05, 0) is 42.0 Å². The molecule has 0 aliphatic heterocycles. The number of fused-ring (bicyclic) bond motifs is 1. The number of hydrogen-bond acceptors (Lipinski definition) is 5. The molecule has 1 N–H and O–H groups in total. The van der Waals surface area contributed by atoms with Crippen LogP contribution in [0, 0.1) is 5.82 Å². The van der Waals surface area contributed by atoms with Crippen molar-refractivity contribution in [2.24, 2.45) is 0 Å². The SMILES string of the molecule is O=C(Cn1cnc2scc(-c3ccc(F)cc3)c2c1=O)NCCOc1ccc(Cl)cc1. The van der Waals surface area contributed by atoms with Gasteiger partial charge in [0.1, 0.15) is 29.5 Å². The number of aromatic nitrogens is 2. The molecule has 2 aromatic heterocycles. The van der Waals surface area contributed by atoms with Crippen LogP contribution in [0.25, 0.3) is 21.3 Å². The minimum absolute atomic E-state index is 0.165. The monoisotopic (exact) mass is 457 g/mol. The third kappa shape index (κ3) is 4.92. The van der Waals surface area contributed by atoms with Gasteiger partial charge in [-0.25, -0.2) is 9.37 Å². The van der Waals surface area contributed by atoms with Gasteiger partial charge in [0, 0.05) is 16.0 Å². The number of amides is 1. The molecule has 0 aliphatic carbocycles. The second-order valence-corrected chi connectivity index (χ2v) is 7.96. The van der Waals surface area contributed by atoms with Crippen molar-refractivity contribution in [1.29, 1.82) is 0 Å². The molecule has 4 aromatic rings. The molecule has 1 amide bonds. The Morgan fingerprint density at radius 2 is 1.90 bits per heavy atom. The summed E-state index contributed by atoms with van der Waals surface area (Å²) < 4.78 is 20.0. The molecule has 0 saturated heterocycles. The highest BCUT2D eigenvalue weighted by Gasteiger charge is 2.14. The lowest BCUT2D eigenvalue weighted by Gasteiger charge is -2.09. The maximum absolute atomic E-state index is 13.2. The van der Waals surface area contributed by atoms with Gasteiger partial charge in [-0.1, -0.05) is 23.7 Å². The van der Waals surface area contributed by atoms with Crippen molar-refractivity contribution < 1.29 is 13.9 Å². The fourth-order valence-corrected chi connectivity index (χ4v) is 4.06. The molecule has 2 heterocycles. The fraction of sp³-hybridized carbons (Fsp3) is 0.136. The van der Waals surface area contributed by atoms with E-state index in [1.54, 1.807) is 36.4 Å². The lowest BCUT2D eigenvalue weighted by Crippen LogP contribution is -2.34. The van der Waals surface area contributed by atoms with E-state index >= 15 is 0 Å². The number of halogens is 2. The van der Waals surface area contributed by atoms with Crippen LogP contribution >= 0.6 is 22.9 Å². The molecule has 0 unspecified atom stereocenters. The van der Waals surface area contributed by atoms with Crippen LogP contribution in [-0.2, 0) is 11.3 Å². The van der Waals surface area contributed by atoms with Gasteiger partial charge in [0.05, 0.1) is 18.3 Å². The summed E-state index contributed by atoms with van der Waals surface area (Å²) >= 11 is 7.15. The lowest BCUT2D eigenvalue weighted by molar-refractivity contribution is -0.121. The Morgan fingerprint density at radius 3 is 2.65 bits per heavy atom. The van der Waals surface area contributed by atoms with Gasteiger partial charge in [-0.15, -0.1) is 11.3 Å². The molecule has 0 radical (unpaired) electrons. The Hall–Kier alpha value is -3.23. The number of carbonyl (C=O) groups is 1. The molecule has 6 nitrogen and oxygen atoms in total. The highest BCUT2D eigenvalue weighted by atomic mass is 35.5. The normalized spacial score (nSPS) is 10.9. The Labute approximate surface area is 185 Å². The van der Waals surface area contributed by atoms with Crippen LogP contribution in [0.5, 0.6) is 5.75 Å². The summed E-state index contributed by atoms with van der Waals surface area (Å²) in [6.45, 7) is 0.394. The summed E-state index contributed by atoms with van der Waals surface area (Å²) in [5.41, 5.74) is 1.06. The number of carbonyl (C=O) groups excluding carboxylic acids is 1. The zero-order valence-corrected chi connectivity index (χ0v) is 17.8. The molecule has 0 saturated carbocycles. The molecule has 0 fully saturated rings. The van der Waals surface area contributed by atoms with Crippen molar-refractivity contribution >= 4 is 39.1 Å². The first kappa shape index (κ1) is 21.0. The van der Waals surface area contributed by atoms with E-state index in [0.717, 1.165) is 0 Å². The Bertz CT molecular complexity index is 1270. The molecule has 0 aliphatic rings. The van der Waals surface area contributed by atoms with Gasteiger partial charge >= 0.3 is 0 Å². The minimum Gasteiger partial charge on any atom is -0.492 e. The summed E-state index contributed by atoms with van der Waals surface area (Å²) in [6.07, 6.45) is 1.36. The number of hydrogen-bond donors (Lipinski definition) is 1. The van der Waals surface area contributed by atoms with Crippen LogP contribution in [0.2, 0.25) is 5.02 Å². The highest BCUT2D eigenvalue weighted by molar-refractivity contribution is 7.17. The van der Waals surface area contributed by atoms with E-state index in [4.69, 9.17) is 16.3 Å². The summed E-state index contributed by atoms with van der Waals surface area (Å²) in [4.78, 5) is 30.1. The molecular formula is C22H17ClFN3O3S. The first-order valence-corrected chi connectivity index (χ1v) is 10.6. The predicted molar refractivity (Wildman–Crippen MR) is 119 cm³/mol. The third-order valence-electron chi connectivity index (χ3n) is 4.54. The van der Waals surface area contributed by atoms with Crippen molar-refractivity contribution in [3.05, 3.63) is 81.4 Å². The molecule has 2 aromatic carbocycles. The third-order valence-corrected chi connectivity index (χ3v) is 5.67. The average molecular weight is 458 g/mol. The Kier molecular flexibility index (Phi) is 6.29. The number of benzene rings is 2. The van der Waals surface area contributed by atoms with E-state index < -0.39 is 0 Å². The molecule has 31 heavy (non-hydrogen) atoms. The minimum atomic E-state index is -0.351. The average Bonchev–Trinajstić information content (AvgIpc) is 3.20. The van der Waals surface area contributed by atoms with Crippen molar-refractivity contribution in [3.8, 4) is 16.9 Å². The molecule has 0 atom stereocenters. The first-order valence-electron chi connectivity index (χ1n) is 9.39. The van der Waals surface area contributed by atoms with Crippen LogP contribution in [-0.4, -0.2) is 28.6 Å². The maximum Gasteiger partial charge on any atom is 0.263 e. The van der Waals surface area contributed by atoms with Crippen molar-refractivity contribution in [2.75, 3.05) is 13.2 Å². The van der Waals surface area contributed by atoms with Crippen LogP contribution in [0.4, 0.5) is 4.39 Å². The zero-order valence-electron chi connectivity index (χ0n) is 16.2. The van der Waals surface area contributed by atoms with Gasteiger partial charge in [-0.3, -0.25) is 14.2 Å². The zero-order chi connectivity index (χ0) is 21.8. The van der Waals surface area contributed by atoms with Gasteiger partial charge < -0.3 is 10.1 Å². The Balaban J connectivity index is 1.42. The van der Waals surface area contributed by atoms with Crippen LogP contribution in [0.15, 0.2) is 65.0 Å². The van der Waals surface area contributed by atoms with E-state index in [0.29, 0.717) is 32.1 Å². The molecule has 4 rings (SSSR count). The Morgan fingerprint density at radius 1 is 1.16 bits per heavy atom. The van der Waals surface area contributed by atoms with Crippen molar-refractivity contribution in [2.45, 2.75) is 6.54 Å². The van der Waals surface area contributed by atoms with E-state index in [-0.39, 0.29) is 37.0 Å². The lowest BCUT2D eigenvalue weighted by atomic mass is 10.1. The van der Waals surface area contributed by atoms with Gasteiger partial charge in [0.2, 0.25) is 5.91 Å². The van der Waals surface area contributed by atoms with Crippen LogP contribution in [0.1, 0.15) is 0 Å². The van der Waals surface area contributed by atoms with Crippen LogP contribution < -0.4 is 15.6 Å². The largest absolute Gasteiger partial charge is 0.492 e. The number of thiophene rings is 1. The first-order chi connectivity index (χ1) is 15.0. The fourth-order valence-electron chi connectivity index (χ4n) is 3.02. The predicted octanol–water partition coefficient (Wildman–Crippen LogP) is 4.11. The van der Waals surface area contributed by atoms with Gasteiger partial charge in [0.25, 0.3) is 5.56 Å². The summed E-state index contributed by atoms with van der Waals surface area (Å²) in [6, 6.07) is 12.8.